The number of rotatable bonds is 10. The van der Waals surface area contributed by atoms with E-state index in [1.54, 1.807) is 6.26 Å². The van der Waals surface area contributed by atoms with E-state index in [4.69, 9.17) is 9.15 Å². The summed E-state index contributed by atoms with van der Waals surface area (Å²) < 4.78 is 11.1. The Balaban J connectivity index is 1.32. The Kier molecular flexibility index (Phi) is 8.87. The zero-order valence-corrected chi connectivity index (χ0v) is 21.7. The van der Waals surface area contributed by atoms with E-state index in [0.717, 1.165) is 56.3 Å². The minimum absolute atomic E-state index is 0.0882. The van der Waals surface area contributed by atoms with Gasteiger partial charge >= 0.3 is 6.03 Å². The van der Waals surface area contributed by atoms with Crippen LogP contribution in [-0.2, 0) is 4.74 Å². The van der Waals surface area contributed by atoms with E-state index in [1.165, 1.54) is 11.1 Å². The smallest absolute Gasteiger partial charge is 0.321 e. The first kappa shape index (κ1) is 25.8. The minimum atomic E-state index is -0.0882. The zero-order valence-electron chi connectivity index (χ0n) is 21.7. The number of furan rings is 1. The molecule has 6 heteroatoms. The maximum atomic E-state index is 13.6. The first-order chi connectivity index (χ1) is 18.8. The van der Waals surface area contributed by atoms with E-state index in [9.17, 15) is 4.79 Å². The lowest BCUT2D eigenvalue weighted by Crippen LogP contribution is -2.44. The summed E-state index contributed by atoms with van der Waals surface area (Å²) in [5.41, 5.74) is 4.21. The highest BCUT2D eigenvalue weighted by Gasteiger charge is 2.21. The number of anilines is 1. The maximum absolute atomic E-state index is 13.6. The second-order valence-electron chi connectivity index (χ2n) is 9.59. The molecule has 3 aromatic carbocycles. The molecule has 196 valence electrons. The van der Waals surface area contributed by atoms with Crippen LogP contribution in [-0.4, -0.2) is 61.8 Å². The van der Waals surface area contributed by atoms with Crippen LogP contribution in [0.4, 0.5) is 10.5 Å². The van der Waals surface area contributed by atoms with Crippen molar-refractivity contribution in [2.45, 2.75) is 12.3 Å². The van der Waals surface area contributed by atoms with Crippen molar-refractivity contribution >= 4 is 11.7 Å². The number of ether oxygens (including phenoxy) is 1. The summed E-state index contributed by atoms with van der Waals surface area (Å²) in [5, 5.41) is 3.14. The van der Waals surface area contributed by atoms with Gasteiger partial charge in [-0.15, -0.1) is 0 Å². The summed E-state index contributed by atoms with van der Waals surface area (Å²) in [5.74, 6) is 0.984. The largest absolute Gasteiger partial charge is 0.464 e. The number of amides is 2. The van der Waals surface area contributed by atoms with Gasteiger partial charge in [-0.2, -0.15) is 0 Å². The Morgan fingerprint density at radius 3 is 2.21 bits per heavy atom. The van der Waals surface area contributed by atoms with Crippen LogP contribution in [0.1, 0.15) is 23.5 Å². The Labute approximate surface area is 224 Å². The number of hydrogen-bond donors (Lipinski definition) is 1. The third-order valence-corrected chi connectivity index (χ3v) is 7.09. The fourth-order valence-electron chi connectivity index (χ4n) is 4.98. The first-order valence-corrected chi connectivity index (χ1v) is 13.4. The third-order valence-electron chi connectivity index (χ3n) is 7.09. The van der Waals surface area contributed by atoms with Gasteiger partial charge in [-0.25, -0.2) is 4.79 Å². The summed E-state index contributed by atoms with van der Waals surface area (Å²) in [4.78, 5) is 17.9. The average molecular weight is 510 g/mol. The van der Waals surface area contributed by atoms with Gasteiger partial charge in [0.1, 0.15) is 5.76 Å². The summed E-state index contributed by atoms with van der Waals surface area (Å²) in [7, 11) is 0. The van der Waals surface area contributed by atoms with Gasteiger partial charge in [0.25, 0.3) is 0 Å². The molecule has 0 atom stereocenters. The van der Waals surface area contributed by atoms with Crippen LogP contribution in [0.3, 0.4) is 0 Å². The Hall–Kier alpha value is -3.87. The highest BCUT2D eigenvalue weighted by Crippen LogP contribution is 2.28. The molecule has 2 amide bonds. The SMILES string of the molecule is O=C(Nc1cccc(-c2ccco2)c1)N(CCC(c1ccccc1)c1ccccc1)CCN1CCOCC1. The quantitative estimate of drug-likeness (QED) is 0.271. The number of carbonyl (C=O) groups is 1. The van der Waals surface area contributed by atoms with Crippen LogP contribution < -0.4 is 5.32 Å². The van der Waals surface area contributed by atoms with Crippen molar-refractivity contribution in [2.75, 3.05) is 51.3 Å². The molecule has 0 saturated carbocycles. The Morgan fingerprint density at radius 2 is 1.55 bits per heavy atom. The van der Waals surface area contributed by atoms with Crippen LogP contribution in [0.25, 0.3) is 11.3 Å². The minimum Gasteiger partial charge on any atom is -0.464 e. The molecule has 0 aliphatic carbocycles. The van der Waals surface area contributed by atoms with Gasteiger partial charge in [-0.05, 0) is 41.8 Å². The fraction of sp³-hybridized carbons (Fsp3) is 0.281. The molecule has 6 nitrogen and oxygen atoms in total. The lowest BCUT2D eigenvalue weighted by Gasteiger charge is -2.31. The van der Waals surface area contributed by atoms with Crippen LogP contribution in [0.15, 0.2) is 108 Å². The van der Waals surface area contributed by atoms with Crippen molar-refractivity contribution in [3.05, 3.63) is 114 Å². The first-order valence-electron chi connectivity index (χ1n) is 13.4. The molecule has 4 aromatic rings. The number of morpholine rings is 1. The normalized spacial score (nSPS) is 13.9. The van der Waals surface area contributed by atoms with Crippen molar-refractivity contribution in [2.24, 2.45) is 0 Å². The second-order valence-corrected chi connectivity index (χ2v) is 9.59. The molecule has 2 heterocycles. The number of nitrogens with one attached hydrogen (secondary N) is 1. The van der Waals surface area contributed by atoms with Crippen molar-refractivity contribution in [1.29, 1.82) is 0 Å². The predicted octanol–water partition coefficient (Wildman–Crippen LogP) is 6.33. The number of urea groups is 1. The summed E-state index contributed by atoms with van der Waals surface area (Å²) >= 11 is 0. The van der Waals surface area contributed by atoms with Crippen LogP contribution in [0.5, 0.6) is 0 Å². The second kappa shape index (κ2) is 13.1. The van der Waals surface area contributed by atoms with Gasteiger partial charge in [0.2, 0.25) is 0 Å². The van der Waals surface area contributed by atoms with Crippen LogP contribution in [0.2, 0.25) is 0 Å². The molecule has 0 bridgehead atoms. The molecular formula is C32H35N3O3. The molecular weight excluding hydrogens is 474 g/mol. The van der Waals surface area contributed by atoms with Crippen molar-refractivity contribution in [3.8, 4) is 11.3 Å². The third kappa shape index (κ3) is 6.91. The van der Waals surface area contributed by atoms with Crippen molar-refractivity contribution < 1.29 is 13.9 Å². The molecule has 0 unspecified atom stereocenters. The highest BCUT2D eigenvalue weighted by atomic mass is 16.5. The number of nitrogens with zero attached hydrogens (tertiary/aromatic N) is 2. The van der Waals surface area contributed by atoms with Crippen LogP contribution in [0, 0.1) is 0 Å². The van der Waals surface area contributed by atoms with E-state index in [2.05, 4.69) is 58.7 Å². The average Bonchev–Trinajstić information content (AvgIpc) is 3.52. The zero-order chi connectivity index (χ0) is 26.0. The van der Waals surface area contributed by atoms with E-state index >= 15 is 0 Å². The molecule has 5 rings (SSSR count). The predicted molar refractivity (Wildman–Crippen MR) is 151 cm³/mol. The lowest BCUT2D eigenvalue weighted by molar-refractivity contribution is 0.0351. The molecule has 1 aliphatic heterocycles. The molecule has 1 aliphatic rings. The maximum Gasteiger partial charge on any atom is 0.321 e. The summed E-state index contributed by atoms with van der Waals surface area (Å²) in [6.07, 6.45) is 2.49. The summed E-state index contributed by atoms with van der Waals surface area (Å²) in [6, 6.07) is 32.6. The Bertz CT molecular complexity index is 1220. The van der Waals surface area contributed by atoms with Gasteiger partial charge < -0.3 is 19.4 Å². The van der Waals surface area contributed by atoms with Gasteiger partial charge in [0, 0.05) is 49.9 Å². The molecule has 1 aromatic heterocycles. The standard InChI is InChI=1S/C32H35N3O3/c36-32(33-29-14-7-13-28(25-29)31-15-8-22-38-31)35(19-18-34-20-23-37-24-21-34)17-16-30(26-9-3-1-4-10-26)27-11-5-2-6-12-27/h1-15,22,25,30H,16-21,23-24H2,(H,33,36). The van der Waals surface area contributed by atoms with Crippen LogP contribution >= 0.6 is 0 Å². The number of hydrogen-bond acceptors (Lipinski definition) is 4. The van der Waals surface area contributed by atoms with E-state index in [1.807, 2.05) is 53.4 Å². The molecule has 38 heavy (non-hydrogen) atoms. The number of carbonyl (C=O) groups excluding carboxylic acids is 1. The van der Waals surface area contributed by atoms with Gasteiger partial charge in [0.05, 0.1) is 19.5 Å². The monoisotopic (exact) mass is 509 g/mol. The van der Waals surface area contributed by atoms with Gasteiger partial charge in [-0.3, -0.25) is 4.90 Å². The fourth-order valence-corrected chi connectivity index (χ4v) is 4.98. The lowest BCUT2D eigenvalue weighted by atomic mass is 9.88. The van der Waals surface area contributed by atoms with E-state index in [-0.39, 0.29) is 11.9 Å². The van der Waals surface area contributed by atoms with Gasteiger partial charge in [-0.1, -0.05) is 72.8 Å². The van der Waals surface area contributed by atoms with Gasteiger partial charge in [0.15, 0.2) is 0 Å². The van der Waals surface area contributed by atoms with Crippen molar-refractivity contribution in [1.82, 2.24) is 9.80 Å². The topological polar surface area (TPSA) is 58.0 Å². The Morgan fingerprint density at radius 1 is 0.842 bits per heavy atom. The molecule has 1 saturated heterocycles. The summed E-state index contributed by atoms with van der Waals surface area (Å²) in [6.45, 7) is 5.41. The molecule has 1 N–H and O–H groups in total. The van der Waals surface area contributed by atoms with E-state index in [0.29, 0.717) is 13.1 Å². The molecule has 0 radical (unpaired) electrons. The van der Waals surface area contributed by atoms with Crippen molar-refractivity contribution in [3.63, 3.8) is 0 Å². The molecule has 0 spiro atoms. The van der Waals surface area contributed by atoms with E-state index < -0.39 is 0 Å². The molecule has 1 fully saturated rings. The number of benzene rings is 3. The highest BCUT2D eigenvalue weighted by molar-refractivity contribution is 5.90.